The molecule has 2 heterocycles. The zero-order chi connectivity index (χ0) is 14.3. The van der Waals surface area contributed by atoms with Crippen molar-refractivity contribution in [3.05, 3.63) is 62.8 Å². The number of benzene rings is 1. The quantitative estimate of drug-likeness (QED) is 0.691. The second-order valence-corrected chi connectivity index (χ2v) is 5.89. The SMILES string of the molecule is Cc1cc(Cl)ccc1C(=O)c1c[nH]c2ncc(Br)cc12. The van der Waals surface area contributed by atoms with E-state index in [1.807, 2.05) is 13.0 Å². The summed E-state index contributed by atoms with van der Waals surface area (Å²) in [7, 11) is 0. The molecule has 0 spiro atoms. The topological polar surface area (TPSA) is 45.8 Å². The summed E-state index contributed by atoms with van der Waals surface area (Å²) in [6.45, 7) is 1.88. The molecule has 0 bridgehead atoms. The van der Waals surface area contributed by atoms with Crippen molar-refractivity contribution in [2.45, 2.75) is 6.92 Å². The summed E-state index contributed by atoms with van der Waals surface area (Å²) in [5.74, 6) is -0.0367. The molecule has 0 aliphatic carbocycles. The summed E-state index contributed by atoms with van der Waals surface area (Å²) in [6, 6.07) is 7.16. The Kier molecular flexibility index (Phi) is 3.36. The maximum absolute atomic E-state index is 12.7. The van der Waals surface area contributed by atoms with Crippen LogP contribution < -0.4 is 0 Å². The molecule has 0 fully saturated rings. The minimum absolute atomic E-state index is 0.0367. The molecule has 0 radical (unpaired) electrons. The molecule has 0 aliphatic rings. The fourth-order valence-electron chi connectivity index (χ4n) is 2.19. The van der Waals surface area contributed by atoms with Crippen molar-refractivity contribution in [3.8, 4) is 0 Å². The van der Waals surface area contributed by atoms with Crippen molar-refractivity contribution in [1.82, 2.24) is 9.97 Å². The highest BCUT2D eigenvalue weighted by atomic mass is 79.9. The average Bonchev–Trinajstić information content (AvgIpc) is 2.81. The molecular weight excluding hydrogens is 340 g/mol. The van der Waals surface area contributed by atoms with E-state index in [4.69, 9.17) is 11.6 Å². The minimum atomic E-state index is -0.0367. The molecule has 20 heavy (non-hydrogen) atoms. The number of carbonyl (C=O) groups excluding carboxylic acids is 1. The number of rotatable bonds is 2. The van der Waals surface area contributed by atoms with Crippen LogP contribution in [0.5, 0.6) is 0 Å². The molecule has 1 N–H and O–H groups in total. The molecule has 3 aromatic rings. The highest BCUT2D eigenvalue weighted by molar-refractivity contribution is 9.10. The Balaban J connectivity index is 2.15. The van der Waals surface area contributed by atoms with Crippen LogP contribution in [0.3, 0.4) is 0 Å². The first-order valence-corrected chi connectivity index (χ1v) is 7.17. The highest BCUT2D eigenvalue weighted by Crippen LogP contribution is 2.25. The van der Waals surface area contributed by atoms with Crippen LogP contribution >= 0.6 is 27.5 Å². The van der Waals surface area contributed by atoms with Crippen molar-refractivity contribution in [2.75, 3.05) is 0 Å². The Morgan fingerprint density at radius 1 is 1.30 bits per heavy atom. The maximum Gasteiger partial charge on any atom is 0.195 e. The normalized spacial score (nSPS) is 10.9. The Morgan fingerprint density at radius 3 is 2.85 bits per heavy atom. The molecular formula is C15H10BrClN2O. The number of ketones is 1. The van der Waals surface area contributed by atoms with Gasteiger partial charge in [0.2, 0.25) is 0 Å². The lowest BCUT2D eigenvalue weighted by Gasteiger charge is -2.04. The fourth-order valence-corrected chi connectivity index (χ4v) is 2.75. The number of nitrogens with one attached hydrogen (secondary N) is 1. The van der Waals surface area contributed by atoms with E-state index in [1.54, 1.807) is 30.6 Å². The van der Waals surface area contributed by atoms with E-state index in [0.29, 0.717) is 21.8 Å². The van der Waals surface area contributed by atoms with Gasteiger partial charge in [0, 0.05) is 38.4 Å². The smallest absolute Gasteiger partial charge is 0.195 e. The van der Waals surface area contributed by atoms with Crippen LogP contribution in [0.1, 0.15) is 21.5 Å². The second kappa shape index (κ2) is 5.04. The number of fused-ring (bicyclic) bond motifs is 1. The third-order valence-electron chi connectivity index (χ3n) is 3.18. The van der Waals surface area contributed by atoms with E-state index in [9.17, 15) is 4.79 Å². The van der Waals surface area contributed by atoms with Gasteiger partial charge in [-0.2, -0.15) is 0 Å². The number of H-pyrrole nitrogens is 1. The number of hydrogen-bond donors (Lipinski definition) is 1. The monoisotopic (exact) mass is 348 g/mol. The van der Waals surface area contributed by atoms with Crippen LogP contribution in [0, 0.1) is 6.92 Å². The summed E-state index contributed by atoms with van der Waals surface area (Å²) in [5.41, 5.74) is 2.82. The molecule has 0 saturated carbocycles. The first-order chi connectivity index (χ1) is 9.56. The van der Waals surface area contributed by atoms with E-state index in [-0.39, 0.29) is 5.78 Å². The van der Waals surface area contributed by atoms with Gasteiger partial charge in [-0.1, -0.05) is 11.6 Å². The van der Waals surface area contributed by atoms with Gasteiger partial charge in [-0.25, -0.2) is 4.98 Å². The first kappa shape index (κ1) is 13.3. The summed E-state index contributed by atoms with van der Waals surface area (Å²) >= 11 is 9.30. The summed E-state index contributed by atoms with van der Waals surface area (Å²) in [5, 5.41) is 1.43. The van der Waals surface area contributed by atoms with E-state index in [1.165, 1.54) is 0 Å². The number of nitrogens with zero attached hydrogens (tertiary/aromatic N) is 1. The zero-order valence-electron chi connectivity index (χ0n) is 10.6. The van der Waals surface area contributed by atoms with Gasteiger partial charge in [-0.15, -0.1) is 0 Å². The van der Waals surface area contributed by atoms with E-state index in [0.717, 1.165) is 15.4 Å². The number of halogens is 2. The van der Waals surface area contributed by atoms with Crippen molar-refractivity contribution in [2.24, 2.45) is 0 Å². The van der Waals surface area contributed by atoms with Crippen LogP contribution in [0.2, 0.25) is 5.02 Å². The van der Waals surface area contributed by atoms with Crippen LogP contribution in [-0.4, -0.2) is 15.8 Å². The molecule has 1 aromatic carbocycles. The van der Waals surface area contributed by atoms with Crippen molar-refractivity contribution >= 4 is 44.3 Å². The van der Waals surface area contributed by atoms with Gasteiger partial charge in [0.25, 0.3) is 0 Å². The molecule has 5 heteroatoms. The number of aromatic nitrogens is 2. The molecule has 0 aliphatic heterocycles. The third kappa shape index (κ3) is 2.25. The van der Waals surface area contributed by atoms with Crippen LogP contribution in [0.25, 0.3) is 11.0 Å². The van der Waals surface area contributed by atoms with Gasteiger partial charge in [0.05, 0.1) is 0 Å². The van der Waals surface area contributed by atoms with Crippen molar-refractivity contribution < 1.29 is 4.79 Å². The van der Waals surface area contributed by atoms with Gasteiger partial charge >= 0.3 is 0 Å². The Labute approximate surface area is 129 Å². The van der Waals surface area contributed by atoms with Gasteiger partial charge < -0.3 is 4.98 Å². The van der Waals surface area contributed by atoms with E-state index >= 15 is 0 Å². The van der Waals surface area contributed by atoms with Crippen LogP contribution in [-0.2, 0) is 0 Å². The highest BCUT2D eigenvalue weighted by Gasteiger charge is 2.16. The van der Waals surface area contributed by atoms with E-state index < -0.39 is 0 Å². The Hall–Kier alpha value is -1.65. The van der Waals surface area contributed by atoms with Crippen LogP contribution in [0.4, 0.5) is 0 Å². The lowest BCUT2D eigenvalue weighted by atomic mass is 9.99. The molecule has 0 amide bonds. The molecule has 2 aromatic heterocycles. The van der Waals surface area contributed by atoms with E-state index in [2.05, 4.69) is 25.9 Å². The van der Waals surface area contributed by atoms with Crippen molar-refractivity contribution in [3.63, 3.8) is 0 Å². The lowest BCUT2D eigenvalue weighted by molar-refractivity contribution is 0.104. The number of pyridine rings is 1. The minimum Gasteiger partial charge on any atom is -0.345 e. The third-order valence-corrected chi connectivity index (χ3v) is 3.84. The molecule has 0 atom stereocenters. The van der Waals surface area contributed by atoms with Gasteiger partial charge in [-0.3, -0.25) is 4.79 Å². The van der Waals surface area contributed by atoms with Crippen molar-refractivity contribution in [1.29, 1.82) is 0 Å². The molecule has 0 saturated heterocycles. The number of aryl methyl sites for hydroxylation is 1. The number of aromatic amines is 1. The second-order valence-electron chi connectivity index (χ2n) is 4.54. The molecule has 3 rings (SSSR count). The predicted molar refractivity (Wildman–Crippen MR) is 83.4 cm³/mol. The first-order valence-electron chi connectivity index (χ1n) is 6.00. The Morgan fingerprint density at radius 2 is 2.10 bits per heavy atom. The van der Waals surface area contributed by atoms with Gasteiger partial charge in [0.15, 0.2) is 5.78 Å². The molecule has 0 unspecified atom stereocenters. The zero-order valence-corrected chi connectivity index (χ0v) is 12.9. The molecule has 100 valence electrons. The average molecular weight is 350 g/mol. The summed E-state index contributed by atoms with van der Waals surface area (Å²) in [6.07, 6.45) is 3.39. The van der Waals surface area contributed by atoms with Crippen LogP contribution in [0.15, 0.2) is 41.1 Å². The summed E-state index contributed by atoms with van der Waals surface area (Å²) in [4.78, 5) is 19.9. The number of carbonyl (C=O) groups is 1. The number of hydrogen-bond acceptors (Lipinski definition) is 2. The predicted octanol–water partition coefficient (Wildman–Crippen LogP) is 4.52. The maximum atomic E-state index is 12.7. The van der Waals surface area contributed by atoms with Gasteiger partial charge in [-0.05, 0) is 52.7 Å². The standard InChI is InChI=1S/C15H10BrClN2O/c1-8-4-10(17)2-3-11(8)14(20)13-7-19-15-12(13)5-9(16)6-18-15/h2-7H,1H3,(H,18,19). The Bertz CT molecular complexity index is 826. The largest absolute Gasteiger partial charge is 0.345 e. The summed E-state index contributed by atoms with van der Waals surface area (Å²) < 4.78 is 0.839. The lowest BCUT2D eigenvalue weighted by Crippen LogP contribution is -2.02. The fraction of sp³-hybridized carbons (Fsp3) is 0.0667. The van der Waals surface area contributed by atoms with Gasteiger partial charge in [0.1, 0.15) is 5.65 Å². The molecule has 3 nitrogen and oxygen atoms in total.